The zero-order chi connectivity index (χ0) is 20.2. The quantitative estimate of drug-likeness (QED) is 0.620. The van der Waals surface area contributed by atoms with Gasteiger partial charge < -0.3 is 24.7 Å². The molecular weight excluding hydrogens is 388 g/mol. The van der Waals surface area contributed by atoms with Gasteiger partial charge >= 0.3 is 6.03 Å². The predicted molar refractivity (Wildman–Crippen MR) is 114 cm³/mol. The third kappa shape index (κ3) is 4.27. The molecule has 29 heavy (non-hydrogen) atoms. The molecule has 1 aliphatic rings. The summed E-state index contributed by atoms with van der Waals surface area (Å²) in [6.45, 7) is 0.641. The molecular formula is C21H24N4O3S. The van der Waals surface area contributed by atoms with Crippen molar-refractivity contribution in [2.75, 3.05) is 18.8 Å². The summed E-state index contributed by atoms with van der Waals surface area (Å²) in [7, 11) is 1.99. The normalized spacial score (nSPS) is 13.4. The molecule has 0 aliphatic carbocycles. The van der Waals surface area contributed by atoms with E-state index in [0.29, 0.717) is 12.3 Å². The van der Waals surface area contributed by atoms with E-state index in [1.54, 1.807) is 11.8 Å². The average molecular weight is 413 g/mol. The van der Waals surface area contributed by atoms with Crippen LogP contribution < -0.4 is 20.1 Å². The number of nitrogens with zero attached hydrogens (tertiary/aromatic N) is 2. The van der Waals surface area contributed by atoms with Crippen molar-refractivity contribution in [3.63, 3.8) is 0 Å². The molecule has 0 fully saturated rings. The first-order valence-corrected chi connectivity index (χ1v) is 10.9. The van der Waals surface area contributed by atoms with Crippen LogP contribution in [0.25, 0.3) is 11.0 Å². The molecule has 1 aliphatic heterocycles. The summed E-state index contributed by atoms with van der Waals surface area (Å²) in [6.07, 6.45) is 2.86. The van der Waals surface area contributed by atoms with Crippen molar-refractivity contribution in [3.8, 4) is 11.5 Å². The maximum Gasteiger partial charge on any atom is 0.315 e. The first kappa shape index (κ1) is 19.4. The van der Waals surface area contributed by atoms with Crippen LogP contribution in [0, 0.1) is 0 Å². The minimum atomic E-state index is -0.221. The molecule has 1 atom stereocenters. The number of imidazole rings is 1. The molecule has 1 aromatic heterocycles. The Morgan fingerprint density at radius 2 is 2.07 bits per heavy atom. The van der Waals surface area contributed by atoms with Gasteiger partial charge in [0.2, 0.25) is 6.79 Å². The number of para-hydroxylation sites is 2. The molecule has 2 heterocycles. The Hall–Kier alpha value is -2.87. The Kier molecular flexibility index (Phi) is 5.80. The maximum atomic E-state index is 12.6. The topological polar surface area (TPSA) is 77.4 Å². The number of ether oxygens (including phenoxy) is 2. The van der Waals surface area contributed by atoms with Crippen LogP contribution >= 0.6 is 11.8 Å². The van der Waals surface area contributed by atoms with Crippen molar-refractivity contribution in [1.29, 1.82) is 0 Å². The molecule has 1 unspecified atom stereocenters. The fraction of sp³-hybridized carbons (Fsp3) is 0.333. The summed E-state index contributed by atoms with van der Waals surface area (Å²) < 4.78 is 12.8. The largest absolute Gasteiger partial charge is 0.454 e. The fourth-order valence-electron chi connectivity index (χ4n) is 3.42. The number of hydrogen-bond acceptors (Lipinski definition) is 5. The number of aryl methyl sites for hydroxylation is 1. The van der Waals surface area contributed by atoms with Crippen LogP contribution in [0.1, 0.15) is 23.9 Å². The SMILES string of the molecule is CSCCC(NC(=O)NCc1ccc2c(c1)OCO2)c1nc2ccccc2n1C. The van der Waals surface area contributed by atoms with Crippen LogP contribution in [0.2, 0.25) is 0 Å². The molecule has 2 aromatic carbocycles. The highest BCUT2D eigenvalue weighted by atomic mass is 32.2. The van der Waals surface area contributed by atoms with Crippen molar-refractivity contribution < 1.29 is 14.3 Å². The predicted octanol–water partition coefficient (Wildman–Crippen LogP) is 3.60. The molecule has 0 radical (unpaired) electrons. The maximum absolute atomic E-state index is 12.6. The molecule has 0 saturated heterocycles. The van der Waals surface area contributed by atoms with Crippen molar-refractivity contribution >= 4 is 28.8 Å². The highest BCUT2D eigenvalue weighted by Crippen LogP contribution is 2.32. The molecule has 4 rings (SSSR count). The Labute approximate surface area is 173 Å². The van der Waals surface area contributed by atoms with Crippen LogP contribution in [0.4, 0.5) is 4.79 Å². The molecule has 3 aromatic rings. The average Bonchev–Trinajstić information content (AvgIpc) is 3.34. The van der Waals surface area contributed by atoms with Gasteiger partial charge in [-0.2, -0.15) is 11.8 Å². The van der Waals surface area contributed by atoms with Gasteiger partial charge in [-0.25, -0.2) is 9.78 Å². The zero-order valence-corrected chi connectivity index (χ0v) is 17.3. The van der Waals surface area contributed by atoms with E-state index in [-0.39, 0.29) is 18.9 Å². The Morgan fingerprint density at radius 3 is 2.90 bits per heavy atom. The summed E-state index contributed by atoms with van der Waals surface area (Å²) in [5, 5.41) is 6.02. The number of fused-ring (bicyclic) bond motifs is 2. The molecule has 2 amide bonds. The van der Waals surface area contributed by atoms with E-state index in [2.05, 4.69) is 21.5 Å². The minimum absolute atomic E-state index is 0.170. The lowest BCUT2D eigenvalue weighted by Gasteiger charge is -2.19. The molecule has 8 heteroatoms. The van der Waals surface area contributed by atoms with E-state index < -0.39 is 0 Å². The van der Waals surface area contributed by atoms with Crippen LogP contribution in [0.15, 0.2) is 42.5 Å². The molecule has 0 saturated carbocycles. The lowest BCUT2D eigenvalue weighted by Crippen LogP contribution is -2.38. The lowest BCUT2D eigenvalue weighted by atomic mass is 10.2. The number of carbonyl (C=O) groups is 1. The molecule has 0 spiro atoms. The van der Waals surface area contributed by atoms with E-state index in [0.717, 1.165) is 40.3 Å². The number of aromatic nitrogens is 2. The van der Waals surface area contributed by atoms with Crippen LogP contribution in [-0.2, 0) is 13.6 Å². The third-order valence-corrected chi connectivity index (χ3v) is 5.58. The highest BCUT2D eigenvalue weighted by molar-refractivity contribution is 7.98. The highest BCUT2D eigenvalue weighted by Gasteiger charge is 2.21. The van der Waals surface area contributed by atoms with Gasteiger partial charge in [0.25, 0.3) is 0 Å². The number of benzene rings is 2. The lowest BCUT2D eigenvalue weighted by molar-refractivity contribution is 0.174. The summed E-state index contributed by atoms with van der Waals surface area (Å²) in [4.78, 5) is 17.4. The smallest absolute Gasteiger partial charge is 0.315 e. The molecule has 7 nitrogen and oxygen atoms in total. The van der Waals surface area contributed by atoms with Crippen LogP contribution in [-0.4, -0.2) is 34.4 Å². The van der Waals surface area contributed by atoms with E-state index >= 15 is 0 Å². The van der Waals surface area contributed by atoms with Crippen LogP contribution in [0.5, 0.6) is 11.5 Å². The van der Waals surface area contributed by atoms with Gasteiger partial charge in [-0.3, -0.25) is 0 Å². The number of thioether (sulfide) groups is 1. The van der Waals surface area contributed by atoms with E-state index in [4.69, 9.17) is 14.5 Å². The Bertz CT molecular complexity index is 1020. The van der Waals surface area contributed by atoms with Gasteiger partial charge in [-0.15, -0.1) is 0 Å². The monoisotopic (exact) mass is 412 g/mol. The van der Waals surface area contributed by atoms with Gasteiger partial charge in [0.1, 0.15) is 5.82 Å². The van der Waals surface area contributed by atoms with Gasteiger partial charge in [-0.05, 0) is 48.3 Å². The van der Waals surface area contributed by atoms with E-state index in [1.807, 2.05) is 49.5 Å². The van der Waals surface area contributed by atoms with E-state index in [1.165, 1.54) is 0 Å². The van der Waals surface area contributed by atoms with Crippen molar-refractivity contribution in [1.82, 2.24) is 20.2 Å². The molecule has 2 N–H and O–H groups in total. The number of urea groups is 1. The summed E-state index contributed by atoms with van der Waals surface area (Å²) in [5.74, 6) is 3.23. The first-order chi connectivity index (χ1) is 14.2. The Balaban J connectivity index is 1.44. The minimum Gasteiger partial charge on any atom is -0.454 e. The fourth-order valence-corrected chi connectivity index (χ4v) is 3.89. The van der Waals surface area contributed by atoms with Gasteiger partial charge in [-0.1, -0.05) is 18.2 Å². The summed E-state index contributed by atoms with van der Waals surface area (Å²) in [6, 6.07) is 13.3. The number of carbonyl (C=O) groups excluding carboxylic acids is 1. The second-order valence-corrected chi connectivity index (χ2v) is 7.85. The molecule has 152 valence electrons. The number of hydrogen-bond donors (Lipinski definition) is 2. The van der Waals surface area contributed by atoms with Crippen LogP contribution in [0.3, 0.4) is 0 Å². The number of amides is 2. The van der Waals surface area contributed by atoms with Crippen molar-refractivity contribution in [3.05, 3.63) is 53.9 Å². The van der Waals surface area contributed by atoms with Gasteiger partial charge in [0, 0.05) is 13.6 Å². The van der Waals surface area contributed by atoms with Gasteiger partial charge in [0.15, 0.2) is 11.5 Å². The second-order valence-electron chi connectivity index (χ2n) is 6.87. The molecule has 0 bridgehead atoms. The standard InChI is InChI=1S/C21H24N4O3S/c1-25-17-6-4-3-5-15(17)23-20(25)16(9-10-29-2)24-21(26)22-12-14-7-8-18-19(11-14)28-13-27-18/h3-8,11,16H,9-10,12-13H2,1-2H3,(H2,22,24,26). The second kappa shape index (κ2) is 8.65. The Morgan fingerprint density at radius 1 is 1.24 bits per heavy atom. The van der Waals surface area contributed by atoms with Crippen molar-refractivity contribution in [2.24, 2.45) is 7.05 Å². The number of nitrogens with one attached hydrogen (secondary N) is 2. The van der Waals surface area contributed by atoms with E-state index in [9.17, 15) is 4.79 Å². The zero-order valence-electron chi connectivity index (χ0n) is 16.5. The van der Waals surface area contributed by atoms with Gasteiger partial charge in [0.05, 0.1) is 17.1 Å². The summed E-state index contributed by atoms with van der Waals surface area (Å²) >= 11 is 1.75. The summed E-state index contributed by atoms with van der Waals surface area (Å²) in [5.41, 5.74) is 2.94. The number of rotatable bonds is 7. The van der Waals surface area contributed by atoms with Crippen molar-refractivity contribution in [2.45, 2.75) is 19.0 Å². The third-order valence-electron chi connectivity index (χ3n) is 4.94. The first-order valence-electron chi connectivity index (χ1n) is 9.49.